The molecule has 2 aliphatic carbocycles. The summed E-state index contributed by atoms with van der Waals surface area (Å²) in [6.45, 7) is 0.717. The zero-order valence-electron chi connectivity index (χ0n) is 11.1. The molecule has 2 saturated carbocycles. The lowest BCUT2D eigenvalue weighted by Crippen LogP contribution is -2.36. The number of hydrogen-bond acceptors (Lipinski definition) is 2. The Morgan fingerprint density at radius 3 is 2.75 bits per heavy atom. The number of rotatable bonds is 2. The molecule has 1 aliphatic heterocycles. The highest BCUT2D eigenvalue weighted by atomic mass is 79.9. The van der Waals surface area contributed by atoms with Crippen LogP contribution in [0.1, 0.15) is 36.0 Å². The van der Waals surface area contributed by atoms with Gasteiger partial charge in [0, 0.05) is 11.0 Å². The average molecular weight is 334 g/mol. The van der Waals surface area contributed by atoms with Gasteiger partial charge in [-0.1, -0.05) is 22.4 Å². The lowest BCUT2D eigenvalue weighted by molar-refractivity contribution is -0.114. The van der Waals surface area contributed by atoms with Crippen LogP contribution < -0.4 is 4.90 Å². The van der Waals surface area contributed by atoms with E-state index in [-0.39, 0.29) is 11.7 Å². The van der Waals surface area contributed by atoms with Crippen LogP contribution in [0.15, 0.2) is 22.7 Å². The number of nitrogens with zero attached hydrogens (tertiary/aromatic N) is 1. The summed E-state index contributed by atoms with van der Waals surface area (Å²) < 4.78 is 0.914. The Kier molecular flexibility index (Phi) is 2.78. The van der Waals surface area contributed by atoms with E-state index in [0.717, 1.165) is 28.5 Å². The summed E-state index contributed by atoms with van der Waals surface area (Å²) in [5, 5.41) is 0. The summed E-state index contributed by atoms with van der Waals surface area (Å²) in [5.74, 6) is 1.51. The first-order valence-electron chi connectivity index (χ1n) is 7.29. The Balaban J connectivity index is 1.64. The normalized spacial score (nSPS) is 31.2. The van der Waals surface area contributed by atoms with Crippen LogP contribution in [0.4, 0.5) is 5.69 Å². The third kappa shape index (κ3) is 1.77. The minimum absolute atomic E-state index is 0.346. The Morgan fingerprint density at radius 1 is 1.20 bits per heavy atom. The number of halogens is 1. The van der Waals surface area contributed by atoms with Crippen molar-refractivity contribution in [3.63, 3.8) is 0 Å². The van der Waals surface area contributed by atoms with E-state index < -0.39 is 0 Å². The summed E-state index contributed by atoms with van der Waals surface area (Å²) in [6.07, 6.45) is 5.21. The molecule has 0 saturated heterocycles. The number of Topliss-reactive ketones (excluding diaryl/α,β-unsaturated/α-hetero) is 1. The Hall–Kier alpha value is -1.16. The standard InChI is InChI=1S/C16H16BrNO2/c17-12-3-4-13-14(7-12)18(16(20)15(13)19)8-11-6-9-1-2-10(11)5-9/h3-4,7,9-11H,1-2,5-6,8H2. The van der Waals surface area contributed by atoms with Gasteiger partial charge in [0.1, 0.15) is 0 Å². The van der Waals surface area contributed by atoms with E-state index in [1.54, 1.807) is 11.0 Å². The van der Waals surface area contributed by atoms with Gasteiger partial charge < -0.3 is 4.90 Å². The van der Waals surface area contributed by atoms with Gasteiger partial charge in [-0.2, -0.15) is 0 Å². The molecule has 1 amide bonds. The van der Waals surface area contributed by atoms with Gasteiger partial charge in [-0.15, -0.1) is 0 Å². The zero-order valence-corrected chi connectivity index (χ0v) is 12.7. The lowest BCUT2D eigenvalue weighted by atomic mass is 9.88. The topological polar surface area (TPSA) is 37.4 Å². The van der Waals surface area contributed by atoms with E-state index in [1.165, 1.54) is 25.7 Å². The van der Waals surface area contributed by atoms with E-state index >= 15 is 0 Å². The fourth-order valence-electron chi connectivity index (χ4n) is 4.28. The molecule has 1 aromatic rings. The van der Waals surface area contributed by atoms with Crippen LogP contribution in [0.5, 0.6) is 0 Å². The molecule has 2 fully saturated rings. The molecular weight excluding hydrogens is 318 g/mol. The van der Waals surface area contributed by atoms with E-state index in [4.69, 9.17) is 0 Å². The highest BCUT2D eigenvalue weighted by Crippen LogP contribution is 2.49. The van der Waals surface area contributed by atoms with Gasteiger partial charge in [0.05, 0.1) is 11.3 Å². The van der Waals surface area contributed by atoms with E-state index in [0.29, 0.717) is 11.5 Å². The van der Waals surface area contributed by atoms with Crippen LogP contribution >= 0.6 is 15.9 Å². The number of carbonyl (C=O) groups excluding carboxylic acids is 2. The van der Waals surface area contributed by atoms with Crippen molar-refractivity contribution in [3.8, 4) is 0 Å². The van der Waals surface area contributed by atoms with Crippen molar-refractivity contribution in [3.05, 3.63) is 28.2 Å². The first kappa shape index (κ1) is 12.6. The van der Waals surface area contributed by atoms with Gasteiger partial charge in [0.15, 0.2) is 0 Å². The maximum absolute atomic E-state index is 12.2. The van der Waals surface area contributed by atoms with Gasteiger partial charge in [-0.25, -0.2) is 0 Å². The number of amides is 1. The van der Waals surface area contributed by atoms with Gasteiger partial charge in [0.2, 0.25) is 0 Å². The monoisotopic (exact) mass is 333 g/mol. The molecule has 0 N–H and O–H groups in total. The Morgan fingerprint density at radius 2 is 2.05 bits per heavy atom. The van der Waals surface area contributed by atoms with Crippen molar-refractivity contribution in [2.45, 2.75) is 25.7 Å². The maximum atomic E-state index is 12.2. The highest BCUT2D eigenvalue weighted by molar-refractivity contribution is 9.10. The summed E-state index contributed by atoms with van der Waals surface area (Å²) in [4.78, 5) is 26.0. The first-order chi connectivity index (χ1) is 9.63. The number of fused-ring (bicyclic) bond motifs is 3. The molecule has 3 unspecified atom stereocenters. The van der Waals surface area contributed by atoms with Crippen molar-refractivity contribution >= 4 is 33.3 Å². The van der Waals surface area contributed by atoms with Crippen molar-refractivity contribution in [1.82, 2.24) is 0 Å². The Labute approximate surface area is 126 Å². The number of hydrogen-bond donors (Lipinski definition) is 0. The number of anilines is 1. The summed E-state index contributed by atoms with van der Waals surface area (Å²) in [6, 6.07) is 5.47. The van der Waals surface area contributed by atoms with Crippen LogP contribution in [0.25, 0.3) is 0 Å². The van der Waals surface area contributed by atoms with Crippen molar-refractivity contribution in [2.75, 3.05) is 11.4 Å². The second-order valence-corrected chi connectivity index (χ2v) is 7.26. The average Bonchev–Trinajstić information content (AvgIpc) is 3.10. The minimum Gasteiger partial charge on any atom is -0.304 e. The molecule has 0 spiro atoms. The largest absolute Gasteiger partial charge is 0.304 e. The van der Waals surface area contributed by atoms with Gasteiger partial charge >= 0.3 is 0 Å². The van der Waals surface area contributed by atoms with Crippen LogP contribution in [-0.2, 0) is 4.79 Å². The molecular formula is C16H16BrNO2. The molecule has 3 aliphatic rings. The number of benzene rings is 1. The van der Waals surface area contributed by atoms with E-state index in [2.05, 4.69) is 15.9 Å². The summed E-state index contributed by atoms with van der Waals surface area (Å²) in [5.41, 5.74) is 1.35. The second kappa shape index (κ2) is 4.42. The molecule has 3 atom stereocenters. The van der Waals surface area contributed by atoms with Crippen molar-refractivity contribution < 1.29 is 9.59 Å². The highest BCUT2D eigenvalue weighted by Gasteiger charge is 2.43. The Bertz CT molecular complexity index is 612. The fraction of sp³-hybridized carbons (Fsp3) is 0.500. The third-order valence-corrected chi connectivity index (χ3v) is 5.73. The van der Waals surface area contributed by atoms with E-state index in [1.807, 2.05) is 12.1 Å². The molecule has 2 bridgehead atoms. The minimum atomic E-state index is -0.351. The molecule has 104 valence electrons. The molecule has 1 aromatic carbocycles. The van der Waals surface area contributed by atoms with Crippen LogP contribution in [0, 0.1) is 17.8 Å². The number of ketones is 1. The smallest absolute Gasteiger partial charge is 0.299 e. The molecule has 0 radical (unpaired) electrons. The number of carbonyl (C=O) groups is 2. The molecule has 20 heavy (non-hydrogen) atoms. The molecule has 4 rings (SSSR count). The molecule has 1 heterocycles. The van der Waals surface area contributed by atoms with Crippen molar-refractivity contribution in [1.29, 1.82) is 0 Å². The van der Waals surface area contributed by atoms with Gasteiger partial charge in [0.25, 0.3) is 11.7 Å². The van der Waals surface area contributed by atoms with Crippen LogP contribution in [0.3, 0.4) is 0 Å². The maximum Gasteiger partial charge on any atom is 0.299 e. The molecule has 3 nitrogen and oxygen atoms in total. The lowest BCUT2D eigenvalue weighted by Gasteiger charge is -2.27. The molecule has 0 aromatic heterocycles. The SMILES string of the molecule is O=C1C(=O)N(CC2CC3CCC2C3)c2cc(Br)ccc21. The predicted octanol–water partition coefficient (Wildman–Crippen LogP) is 3.41. The van der Waals surface area contributed by atoms with E-state index in [9.17, 15) is 9.59 Å². The molecule has 4 heteroatoms. The first-order valence-corrected chi connectivity index (χ1v) is 8.08. The third-order valence-electron chi connectivity index (χ3n) is 5.24. The summed E-state index contributed by atoms with van der Waals surface area (Å²) >= 11 is 3.43. The van der Waals surface area contributed by atoms with Gasteiger partial charge in [-0.3, -0.25) is 9.59 Å². The summed E-state index contributed by atoms with van der Waals surface area (Å²) in [7, 11) is 0. The zero-order chi connectivity index (χ0) is 13.9. The van der Waals surface area contributed by atoms with Crippen LogP contribution in [0.2, 0.25) is 0 Å². The quantitative estimate of drug-likeness (QED) is 0.777. The van der Waals surface area contributed by atoms with Gasteiger partial charge in [-0.05, 0) is 55.2 Å². The fourth-order valence-corrected chi connectivity index (χ4v) is 4.63. The predicted molar refractivity (Wildman–Crippen MR) is 79.8 cm³/mol. The van der Waals surface area contributed by atoms with Crippen molar-refractivity contribution in [2.24, 2.45) is 17.8 Å². The van der Waals surface area contributed by atoms with Crippen LogP contribution in [-0.4, -0.2) is 18.2 Å². The second-order valence-electron chi connectivity index (χ2n) is 6.34.